The largest absolute Gasteiger partial charge is 0.392 e. The van der Waals surface area contributed by atoms with Gasteiger partial charge in [0, 0.05) is 0 Å². The van der Waals surface area contributed by atoms with Crippen LogP contribution in [0.25, 0.3) is 0 Å². The molecule has 1 saturated carbocycles. The number of alkyl halides is 3. The van der Waals surface area contributed by atoms with E-state index in [-0.39, 0.29) is 11.8 Å². The molecular weight excluding hydrogens is 155 g/mol. The monoisotopic (exact) mass is 165 g/mol. The Hall–Kier alpha value is -0.250. The first-order valence-electron chi connectivity index (χ1n) is 3.88. The lowest BCUT2D eigenvalue weighted by Gasteiger charge is -2.07. The van der Waals surface area contributed by atoms with Crippen molar-refractivity contribution < 1.29 is 13.2 Å². The van der Waals surface area contributed by atoms with E-state index in [0.29, 0.717) is 13.0 Å². The molecule has 0 unspecified atom stereocenters. The summed E-state index contributed by atoms with van der Waals surface area (Å²) in [7, 11) is 0. The van der Waals surface area contributed by atoms with Gasteiger partial charge in [-0.2, -0.15) is 13.2 Å². The molecule has 0 aromatic heterocycles. The lowest BCUT2D eigenvalue weighted by molar-refractivity contribution is -0.153. The summed E-state index contributed by atoms with van der Waals surface area (Å²) < 4.78 is 36.3. The van der Waals surface area contributed by atoms with E-state index >= 15 is 0 Å². The Morgan fingerprint density at radius 3 is 2.36 bits per heavy atom. The average molecular weight is 165 g/mol. The highest BCUT2D eigenvalue weighted by Gasteiger charge is 2.63. The van der Waals surface area contributed by atoms with E-state index in [1.165, 1.54) is 0 Å². The van der Waals surface area contributed by atoms with Crippen molar-refractivity contribution in [3.63, 3.8) is 0 Å². The molecular formula is C7H10F3N. The molecule has 4 heteroatoms. The topological polar surface area (TPSA) is 12.0 Å². The number of rotatable bonds is 0. The Morgan fingerprint density at radius 2 is 1.91 bits per heavy atom. The predicted octanol–water partition coefficient (Wildman–Crippen LogP) is 1.40. The van der Waals surface area contributed by atoms with Crippen molar-refractivity contribution in [1.82, 2.24) is 5.32 Å². The van der Waals surface area contributed by atoms with Crippen molar-refractivity contribution in [3.05, 3.63) is 0 Å². The highest BCUT2D eigenvalue weighted by atomic mass is 19.4. The molecule has 3 atom stereocenters. The summed E-state index contributed by atoms with van der Waals surface area (Å²) in [6.07, 6.45) is -3.24. The fourth-order valence-electron chi connectivity index (χ4n) is 2.14. The summed E-state index contributed by atoms with van der Waals surface area (Å²) in [5, 5.41) is 2.98. The Labute approximate surface area is 63.0 Å². The third kappa shape index (κ3) is 1.13. The van der Waals surface area contributed by atoms with Crippen molar-refractivity contribution in [2.45, 2.75) is 12.6 Å². The van der Waals surface area contributed by atoms with E-state index in [1.807, 2.05) is 0 Å². The minimum Gasteiger partial charge on any atom is -0.316 e. The fourth-order valence-corrected chi connectivity index (χ4v) is 2.14. The Balaban J connectivity index is 2.00. The summed E-state index contributed by atoms with van der Waals surface area (Å²) in [6, 6.07) is 0. The van der Waals surface area contributed by atoms with Crippen LogP contribution in [0.3, 0.4) is 0 Å². The van der Waals surface area contributed by atoms with Gasteiger partial charge in [-0.05, 0) is 31.3 Å². The van der Waals surface area contributed by atoms with Gasteiger partial charge in [0.25, 0.3) is 0 Å². The molecule has 1 N–H and O–H groups in total. The van der Waals surface area contributed by atoms with Crippen molar-refractivity contribution >= 4 is 0 Å². The summed E-state index contributed by atoms with van der Waals surface area (Å²) in [5.74, 6) is -1.16. The smallest absolute Gasteiger partial charge is 0.316 e. The van der Waals surface area contributed by atoms with Gasteiger partial charge in [0.2, 0.25) is 0 Å². The maximum absolute atomic E-state index is 12.1. The summed E-state index contributed by atoms with van der Waals surface area (Å²) >= 11 is 0. The highest BCUT2D eigenvalue weighted by Crippen LogP contribution is 2.57. The molecule has 1 saturated heterocycles. The minimum absolute atomic E-state index is 0.0590. The van der Waals surface area contributed by atoms with E-state index < -0.39 is 12.1 Å². The van der Waals surface area contributed by atoms with Crippen LogP contribution in [0.2, 0.25) is 0 Å². The fraction of sp³-hybridized carbons (Fsp3) is 1.00. The molecule has 11 heavy (non-hydrogen) atoms. The van der Waals surface area contributed by atoms with Gasteiger partial charge in [0.15, 0.2) is 0 Å². The number of fused-ring (bicyclic) bond motifs is 1. The zero-order valence-electron chi connectivity index (χ0n) is 5.99. The molecule has 64 valence electrons. The SMILES string of the molecule is FC(F)(F)[C@@H]1[C@@H]2CCNC[C@@H]21. The van der Waals surface area contributed by atoms with E-state index in [1.54, 1.807) is 0 Å². The summed E-state index contributed by atoms with van der Waals surface area (Å²) in [4.78, 5) is 0. The average Bonchev–Trinajstić information content (AvgIpc) is 2.58. The second kappa shape index (κ2) is 2.12. The zero-order chi connectivity index (χ0) is 8.06. The van der Waals surface area contributed by atoms with Gasteiger partial charge in [-0.15, -0.1) is 0 Å². The van der Waals surface area contributed by atoms with Crippen LogP contribution in [-0.2, 0) is 0 Å². The number of hydrogen-bond acceptors (Lipinski definition) is 1. The molecule has 0 bridgehead atoms. The van der Waals surface area contributed by atoms with Crippen LogP contribution in [0.1, 0.15) is 6.42 Å². The number of halogens is 3. The molecule has 0 aromatic rings. The molecule has 0 amide bonds. The second-order valence-electron chi connectivity index (χ2n) is 3.39. The van der Waals surface area contributed by atoms with Crippen LogP contribution < -0.4 is 5.32 Å². The second-order valence-corrected chi connectivity index (χ2v) is 3.39. The van der Waals surface area contributed by atoms with Crippen molar-refractivity contribution in [2.75, 3.05) is 13.1 Å². The summed E-state index contributed by atoms with van der Waals surface area (Å²) in [6.45, 7) is 1.32. The maximum Gasteiger partial charge on any atom is 0.392 e. The van der Waals surface area contributed by atoms with Gasteiger partial charge in [-0.1, -0.05) is 0 Å². The Kier molecular flexibility index (Phi) is 1.43. The molecule has 1 aliphatic heterocycles. The lowest BCUT2D eigenvalue weighted by atomic mass is 10.2. The first-order valence-corrected chi connectivity index (χ1v) is 3.88. The van der Waals surface area contributed by atoms with Crippen LogP contribution in [-0.4, -0.2) is 19.3 Å². The molecule has 2 aliphatic rings. The van der Waals surface area contributed by atoms with Crippen LogP contribution in [0.15, 0.2) is 0 Å². The quantitative estimate of drug-likeness (QED) is 0.572. The van der Waals surface area contributed by atoms with E-state index in [4.69, 9.17) is 0 Å². The molecule has 2 fully saturated rings. The van der Waals surface area contributed by atoms with Gasteiger partial charge in [-0.3, -0.25) is 0 Å². The first-order chi connectivity index (χ1) is 5.11. The molecule has 2 rings (SSSR count). The number of nitrogens with one attached hydrogen (secondary N) is 1. The number of piperidine rings is 1. The predicted molar refractivity (Wildman–Crippen MR) is 34.0 cm³/mol. The van der Waals surface area contributed by atoms with Gasteiger partial charge in [0.1, 0.15) is 0 Å². The highest BCUT2D eigenvalue weighted by molar-refractivity contribution is 5.04. The molecule has 1 heterocycles. The van der Waals surface area contributed by atoms with Crippen LogP contribution >= 0.6 is 0 Å². The summed E-state index contributed by atoms with van der Waals surface area (Å²) in [5.41, 5.74) is 0. The van der Waals surface area contributed by atoms with Gasteiger partial charge in [0.05, 0.1) is 5.92 Å². The van der Waals surface area contributed by atoms with E-state index in [9.17, 15) is 13.2 Å². The van der Waals surface area contributed by atoms with E-state index in [0.717, 1.165) is 6.54 Å². The molecule has 0 radical (unpaired) electrons. The third-order valence-electron chi connectivity index (χ3n) is 2.74. The molecule has 0 spiro atoms. The Bertz CT molecular complexity index is 154. The first kappa shape index (κ1) is 7.40. The zero-order valence-corrected chi connectivity index (χ0v) is 5.99. The third-order valence-corrected chi connectivity index (χ3v) is 2.74. The van der Waals surface area contributed by atoms with Crippen molar-refractivity contribution in [2.24, 2.45) is 17.8 Å². The van der Waals surface area contributed by atoms with Gasteiger partial charge in [-0.25, -0.2) is 0 Å². The molecule has 1 nitrogen and oxygen atoms in total. The van der Waals surface area contributed by atoms with Crippen LogP contribution in [0.4, 0.5) is 13.2 Å². The molecule has 0 aromatic carbocycles. The maximum atomic E-state index is 12.1. The van der Waals surface area contributed by atoms with Crippen molar-refractivity contribution in [3.8, 4) is 0 Å². The van der Waals surface area contributed by atoms with E-state index in [2.05, 4.69) is 5.32 Å². The standard InChI is InChI=1S/C7H10F3N/c8-7(9,10)6-4-1-2-11-3-5(4)6/h4-6,11H,1-3H2/t4-,5+,6-/m1/s1. The Morgan fingerprint density at radius 1 is 1.18 bits per heavy atom. The van der Waals surface area contributed by atoms with Gasteiger partial charge < -0.3 is 5.32 Å². The lowest BCUT2D eigenvalue weighted by Crippen LogP contribution is -2.24. The normalized spacial score (nSPS) is 43.4. The van der Waals surface area contributed by atoms with Crippen LogP contribution in [0, 0.1) is 17.8 Å². The van der Waals surface area contributed by atoms with Crippen molar-refractivity contribution in [1.29, 1.82) is 0 Å². The minimum atomic E-state index is -3.94. The van der Waals surface area contributed by atoms with Crippen LogP contribution in [0.5, 0.6) is 0 Å². The van der Waals surface area contributed by atoms with Gasteiger partial charge >= 0.3 is 6.18 Å². The molecule has 1 aliphatic carbocycles. The number of hydrogen-bond donors (Lipinski definition) is 1.